The molecule has 3 nitrogen and oxygen atoms in total. The monoisotopic (exact) mass is 300 g/mol. The Morgan fingerprint density at radius 3 is 2.71 bits per heavy atom. The molecule has 1 aromatic carbocycles. The molecule has 0 spiro atoms. The lowest BCUT2D eigenvalue weighted by atomic mass is 10.1. The van der Waals surface area contributed by atoms with Gasteiger partial charge in [0.25, 0.3) is 0 Å². The maximum atomic E-state index is 12.1. The third-order valence-corrected chi connectivity index (χ3v) is 4.12. The van der Waals surface area contributed by atoms with Crippen molar-refractivity contribution in [1.29, 1.82) is 0 Å². The van der Waals surface area contributed by atoms with Gasteiger partial charge in [-0.25, -0.2) is 0 Å². The van der Waals surface area contributed by atoms with Gasteiger partial charge >= 0.3 is 0 Å². The van der Waals surface area contributed by atoms with Crippen LogP contribution in [0.25, 0.3) is 0 Å². The molecular weight excluding hydrogens is 284 g/mol. The lowest BCUT2D eigenvalue weighted by Crippen LogP contribution is -2.24. The zero-order valence-corrected chi connectivity index (χ0v) is 12.6. The van der Waals surface area contributed by atoms with Crippen molar-refractivity contribution in [1.82, 2.24) is 10.3 Å². The van der Waals surface area contributed by atoms with Gasteiger partial charge in [-0.05, 0) is 48.6 Å². The van der Waals surface area contributed by atoms with E-state index in [-0.39, 0.29) is 11.8 Å². The van der Waals surface area contributed by atoms with Gasteiger partial charge in [-0.2, -0.15) is 0 Å². The fraction of sp³-hybridized carbons (Fsp3) is 0.294. The highest BCUT2D eigenvalue weighted by molar-refractivity contribution is 6.30. The zero-order valence-electron chi connectivity index (χ0n) is 11.8. The molecule has 4 heteroatoms. The summed E-state index contributed by atoms with van der Waals surface area (Å²) >= 11 is 5.88. The highest BCUT2D eigenvalue weighted by Gasteiger charge is 2.43. The Labute approximate surface area is 129 Å². The topological polar surface area (TPSA) is 42.0 Å². The van der Waals surface area contributed by atoms with Crippen molar-refractivity contribution >= 4 is 17.5 Å². The molecule has 1 fully saturated rings. The Kier molecular flexibility index (Phi) is 3.93. The van der Waals surface area contributed by atoms with Crippen LogP contribution in [0.3, 0.4) is 0 Å². The molecule has 2 aromatic rings. The van der Waals surface area contributed by atoms with Crippen LogP contribution < -0.4 is 5.32 Å². The SMILES string of the molecule is Cc1ccc(CNC(=O)[C@H]2C[C@@H]2c2ccc(Cl)cc2)cn1. The first kappa shape index (κ1) is 14.1. The average molecular weight is 301 g/mol. The summed E-state index contributed by atoms with van der Waals surface area (Å²) in [7, 11) is 0. The number of nitrogens with one attached hydrogen (secondary N) is 1. The van der Waals surface area contributed by atoms with Crippen LogP contribution in [0, 0.1) is 12.8 Å². The number of nitrogens with zero attached hydrogens (tertiary/aromatic N) is 1. The van der Waals surface area contributed by atoms with Crippen molar-refractivity contribution in [3.05, 3.63) is 64.4 Å². The van der Waals surface area contributed by atoms with Crippen LogP contribution in [0.1, 0.15) is 29.2 Å². The van der Waals surface area contributed by atoms with Crippen LogP contribution >= 0.6 is 11.6 Å². The first-order valence-corrected chi connectivity index (χ1v) is 7.46. The van der Waals surface area contributed by atoms with Gasteiger partial charge in [0, 0.05) is 29.4 Å². The molecule has 3 rings (SSSR count). The molecule has 1 N–H and O–H groups in total. The predicted molar refractivity (Wildman–Crippen MR) is 83.1 cm³/mol. The molecule has 0 aliphatic heterocycles. The fourth-order valence-corrected chi connectivity index (χ4v) is 2.61. The van der Waals surface area contributed by atoms with E-state index >= 15 is 0 Å². The van der Waals surface area contributed by atoms with Crippen LogP contribution in [0.15, 0.2) is 42.6 Å². The van der Waals surface area contributed by atoms with E-state index in [2.05, 4.69) is 10.3 Å². The molecule has 1 aliphatic rings. The van der Waals surface area contributed by atoms with Crippen LogP contribution in [0.4, 0.5) is 0 Å². The Hall–Kier alpha value is -1.87. The second-order valence-electron chi connectivity index (χ2n) is 5.53. The number of hydrogen-bond donors (Lipinski definition) is 1. The van der Waals surface area contributed by atoms with Gasteiger partial charge in [-0.3, -0.25) is 9.78 Å². The summed E-state index contributed by atoms with van der Waals surface area (Å²) in [5.74, 6) is 0.540. The molecule has 0 saturated heterocycles. The summed E-state index contributed by atoms with van der Waals surface area (Å²) in [6.07, 6.45) is 2.72. The number of amides is 1. The van der Waals surface area contributed by atoms with E-state index < -0.39 is 0 Å². The smallest absolute Gasteiger partial charge is 0.224 e. The van der Waals surface area contributed by atoms with E-state index in [4.69, 9.17) is 11.6 Å². The van der Waals surface area contributed by atoms with Crippen LogP contribution in [-0.2, 0) is 11.3 Å². The third kappa shape index (κ3) is 3.42. The highest BCUT2D eigenvalue weighted by Crippen LogP contribution is 2.47. The Morgan fingerprint density at radius 1 is 1.29 bits per heavy atom. The number of halogens is 1. The van der Waals surface area contributed by atoms with E-state index in [1.807, 2.05) is 43.3 Å². The first-order valence-electron chi connectivity index (χ1n) is 7.08. The Bertz CT molecular complexity index is 637. The zero-order chi connectivity index (χ0) is 14.8. The minimum atomic E-state index is 0.0876. The third-order valence-electron chi connectivity index (χ3n) is 3.86. The van der Waals surface area contributed by atoms with E-state index in [1.165, 1.54) is 5.56 Å². The fourth-order valence-electron chi connectivity index (χ4n) is 2.49. The molecule has 1 aromatic heterocycles. The lowest BCUT2D eigenvalue weighted by Gasteiger charge is -2.05. The number of hydrogen-bond acceptors (Lipinski definition) is 2. The molecule has 1 amide bonds. The van der Waals surface area contributed by atoms with Gasteiger partial charge in [0.2, 0.25) is 5.91 Å². The van der Waals surface area contributed by atoms with E-state index in [0.29, 0.717) is 12.5 Å². The number of aryl methyl sites for hydroxylation is 1. The van der Waals surface area contributed by atoms with Crippen LogP contribution in [0.5, 0.6) is 0 Å². The van der Waals surface area contributed by atoms with Gasteiger partial charge in [0.15, 0.2) is 0 Å². The van der Waals surface area contributed by atoms with Crippen molar-refractivity contribution in [2.45, 2.75) is 25.8 Å². The maximum Gasteiger partial charge on any atom is 0.224 e. The summed E-state index contributed by atoms with van der Waals surface area (Å²) < 4.78 is 0. The number of rotatable bonds is 4. The van der Waals surface area contributed by atoms with E-state index in [0.717, 1.165) is 22.7 Å². The second-order valence-corrected chi connectivity index (χ2v) is 5.96. The summed E-state index contributed by atoms with van der Waals surface area (Å²) in [6.45, 7) is 2.49. The van der Waals surface area contributed by atoms with Crippen molar-refractivity contribution < 1.29 is 4.79 Å². The average Bonchev–Trinajstić information content (AvgIpc) is 3.28. The standard InChI is InChI=1S/C17H17ClN2O/c1-11-2-3-12(9-19-11)10-20-17(21)16-8-15(16)13-4-6-14(18)7-5-13/h2-7,9,15-16H,8,10H2,1H3,(H,20,21)/t15-,16+/m1/s1. The molecule has 21 heavy (non-hydrogen) atoms. The maximum absolute atomic E-state index is 12.1. The molecule has 0 radical (unpaired) electrons. The van der Waals surface area contributed by atoms with Crippen molar-refractivity contribution in [3.8, 4) is 0 Å². The molecule has 1 aliphatic carbocycles. The highest BCUT2D eigenvalue weighted by atomic mass is 35.5. The summed E-state index contributed by atoms with van der Waals surface area (Å²) in [5, 5.41) is 3.72. The molecule has 2 atom stereocenters. The van der Waals surface area contributed by atoms with Crippen LogP contribution in [-0.4, -0.2) is 10.9 Å². The van der Waals surface area contributed by atoms with Gasteiger partial charge in [-0.15, -0.1) is 0 Å². The number of aromatic nitrogens is 1. The lowest BCUT2D eigenvalue weighted by molar-refractivity contribution is -0.122. The number of pyridine rings is 1. The largest absolute Gasteiger partial charge is 0.352 e. The molecule has 0 bridgehead atoms. The number of carbonyl (C=O) groups is 1. The number of carbonyl (C=O) groups excluding carboxylic acids is 1. The summed E-state index contributed by atoms with van der Waals surface area (Å²) in [6, 6.07) is 11.7. The second kappa shape index (κ2) is 5.86. The summed E-state index contributed by atoms with van der Waals surface area (Å²) in [4.78, 5) is 16.4. The molecule has 108 valence electrons. The van der Waals surface area contributed by atoms with Crippen molar-refractivity contribution in [2.24, 2.45) is 5.92 Å². The van der Waals surface area contributed by atoms with Gasteiger partial charge in [0.1, 0.15) is 0 Å². The minimum absolute atomic E-state index is 0.0876. The Morgan fingerprint density at radius 2 is 2.05 bits per heavy atom. The van der Waals surface area contributed by atoms with Crippen molar-refractivity contribution in [2.75, 3.05) is 0 Å². The van der Waals surface area contributed by atoms with Gasteiger partial charge in [-0.1, -0.05) is 29.8 Å². The molecule has 0 unspecified atom stereocenters. The van der Waals surface area contributed by atoms with Crippen LogP contribution in [0.2, 0.25) is 5.02 Å². The van der Waals surface area contributed by atoms with Gasteiger partial charge in [0.05, 0.1) is 0 Å². The molecular formula is C17H17ClN2O. The normalized spacial score (nSPS) is 20.1. The quantitative estimate of drug-likeness (QED) is 0.939. The Balaban J connectivity index is 1.53. The summed E-state index contributed by atoms with van der Waals surface area (Å²) in [5.41, 5.74) is 3.20. The van der Waals surface area contributed by atoms with Crippen molar-refractivity contribution in [3.63, 3.8) is 0 Å². The number of benzene rings is 1. The molecule has 1 saturated carbocycles. The first-order chi connectivity index (χ1) is 10.1. The van der Waals surface area contributed by atoms with E-state index in [1.54, 1.807) is 6.20 Å². The minimum Gasteiger partial charge on any atom is -0.352 e. The predicted octanol–water partition coefficient (Wildman–Crippen LogP) is 3.46. The van der Waals surface area contributed by atoms with Gasteiger partial charge < -0.3 is 5.32 Å². The van der Waals surface area contributed by atoms with E-state index in [9.17, 15) is 4.79 Å². The molecule has 1 heterocycles.